The highest BCUT2D eigenvalue weighted by atomic mass is 16.6. The molecular formula is C23H31N3O3. The number of rotatable bonds is 7. The molecule has 1 fully saturated rings. The van der Waals surface area contributed by atoms with E-state index >= 15 is 0 Å². The van der Waals surface area contributed by atoms with Gasteiger partial charge in [0.1, 0.15) is 12.4 Å². The van der Waals surface area contributed by atoms with Gasteiger partial charge in [-0.2, -0.15) is 0 Å². The Kier molecular flexibility index (Phi) is 7.87. The minimum absolute atomic E-state index is 0.185. The normalized spacial score (nSPS) is 15.2. The van der Waals surface area contributed by atoms with Gasteiger partial charge in [-0.05, 0) is 42.2 Å². The van der Waals surface area contributed by atoms with Gasteiger partial charge < -0.3 is 14.4 Å². The molecule has 0 atom stereocenters. The molecule has 0 bridgehead atoms. The van der Waals surface area contributed by atoms with Crippen molar-refractivity contribution in [1.82, 2.24) is 14.8 Å². The fourth-order valence-corrected chi connectivity index (χ4v) is 3.23. The summed E-state index contributed by atoms with van der Waals surface area (Å²) in [6.07, 6.45) is 2.55. The highest BCUT2D eigenvalue weighted by Gasteiger charge is 2.20. The van der Waals surface area contributed by atoms with Crippen LogP contribution in [0.1, 0.15) is 31.5 Å². The van der Waals surface area contributed by atoms with Crippen LogP contribution in [0.15, 0.2) is 48.7 Å². The van der Waals surface area contributed by atoms with Crippen molar-refractivity contribution in [2.75, 3.05) is 32.8 Å². The first kappa shape index (κ1) is 21.1. The van der Waals surface area contributed by atoms with E-state index in [1.165, 1.54) is 5.56 Å². The van der Waals surface area contributed by atoms with Gasteiger partial charge in [-0.25, -0.2) is 4.79 Å². The van der Waals surface area contributed by atoms with Crippen LogP contribution in [-0.2, 0) is 17.9 Å². The third-order valence-corrected chi connectivity index (χ3v) is 4.83. The summed E-state index contributed by atoms with van der Waals surface area (Å²) in [5.74, 6) is 1.20. The molecule has 6 nitrogen and oxygen atoms in total. The van der Waals surface area contributed by atoms with E-state index in [2.05, 4.69) is 22.0 Å². The lowest BCUT2D eigenvalue weighted by Gasteiger charge is -2.22. The summed E-state index contributed by atoms with van der Waals surface area (Å²) in [5, 5.41) is 0. The molecule has 1 aliphatic heterocycles. The molecule has 0 radical (unpaired) electrons. The minimum atomic E-state index is -0.185. The molecule has 2 heterocycles. The van der Waals surface area contributed by atoms with E-state index in [4.69, 9.17) is 9.47 Å². The number of nitrogens with zero attached hydrogens (tertiary/aromatic N) is 3. The standard InChI is InChI=1S/C23H31N3O3/c1-19(2)17-29-23(27)26-13-5-12-25(14-15-26)16-20-7-9-22(10-8-20)28-18-21-6-3-4-11-24-21/h3-4,6-11,19H,5,12-18H2,1-2H3. The summed E-state index contributed by atoms with van der Waals surface area (Å²) in [6.45, 7) is 9.22. The number of carbonyl (C=O) groups excluding carboxylic acids is 1. The third kappa shape index (κ3) is 7.06. The van der Waals surface area contributed by atoms with E-state index in [-0.39, 0.29) is 6.09 Å². The smallest absolute Gasteiger partial charge is 0.409 e. The van der Waals surface area contributed by atoms with E-state index < -0.39 is 0 Å². The summed E-state index contributed by atoms with van der Waals surface area (Å²) in [5.41, 5.74) is 2.16. The van der Waals surface area contributed by atoms with Crippen molar-refractivity contribution in [3.05, 3.63) is 59.9 Å². The number of hydrogen-bond donors (Lipinski definition) is 0. The first-order valence-corrected chi connectivity index (χ1v) is 10.4. The zero-order valence-electron chi connectivity index (χ0n) is 17.4. The van der Waals surface area contributed by atoms with Gasteiger partial charge in [0.25, 0.3) is 0 Å². The Bertz CT molecular complexity index is 750. The maximum Gasteiger partial charge on any atom is 0.409 e. The average molecular weight is 398 g/mol. The molecule has 1 aromatic carbocycles. The first-order chi connectivity index (χ1) is 14.1. The van der Waals surface area contributed by atoms with E-state index in [1.54, 1.807) is 6.20 Å². The van der Waals surface area contributed by atoms with Gasteiger partial charge in [-0.3, -0.25) is 9.88 Å². The molecule has 1 amide bonds. The molecule has 0 N–H and O–H groups in total. The van der Waals surface area contributed by atoms with Gasteiger partial charge in [-0.15, -0.1) is 0 Å². The summed E-state index contributed by atoms with van der Waals surface area (Å²) < 4.78 is 11.2. The van der Waals surface area contributed by atoms with Crippen molar-refractivity contribution >= 4 is 6.09 Å². The Morgan fingerprint density at radius 1 is 1.07 bits per heavy atom. The molecule has 1 saturated heterocycles. The van der Waals surface area contributed by atoms with Crippen LogP contribution in [0.25, 0.3) is 0 Å². The monoisotopic (exact) mass is 397 g/mol. The molecule has 1 aliphatic rings. The largest absolute Gasteiger partial charge is 0.487 e. The van der Waals surface area contributed by atoms with E-state index in [0.29, 0.717) is 25.7 Å². The van der Waals surface area contributed by atoms with Crippen molar-refractivity contribution in [3.63, 3.8) is 0 Å². The molecule has 156 valence electrons. The Morgan fingerprint density at radius 3 is 2.62 bits per heavy atom. The average Bonchev–Trinajstić information content (AvgIpc) is 2.98. The number of carbonyl (C=O) groups is 1. The lowest BCUT2D eigenvalue weighted by molar-refractivity contribution is 0.0930. The van der Waals surface area contributed by atoms with Crippen LogP contribution >= 0.6 is 0 Å². The number of pyridine rings is 1. The second-order valence-corrected chi connectivity index (χ2v) is 7.84. The van der Waals surface area contributed by atoms with Crippen LogP contribution < -0.4 is 4.74 Å². The summed E-state index contributed by atoms with van der Waals surface area (Å²) >= 11 is 0. The fourth-order valence-electron chi connectivity index (χ4n) is 3.23. The molecule has 29 heavy (non-hydrogen) atoms. The fraction of sp³-hybridized carbons (Fsp3) is 0.478. The third-order valence-electron chi connectivity index (χ3n) is 4.83. The highest BCUT2D eigenvalue weighted by Crippen LogP contribution is 2.16. The molecule has 2 aromatic rings. The lowest BCUT2D eigenvalue weighted by Crippen LogP contribution is -2.36. The Hall–Kier alpha value is -2.60. The van der Waals surface area contributed by atoms with Crippen molar-refractivity contribution in [1.29, 1.82) is 0 Å². The van der Waals surface area contributed by atoms with Gasteiger partial charge in [-0.1, -0.05) is 32.0 Å². The van der Waals surface area contributed by atoms with Gasteiger partial charge >= 0.3 is 6.09 Å². The summed E-state index contributed by atoms with van der Waals surface area (Å²) in [6, 6.07) is 14.0. The van der Waals surface area contributed by atoms with Gasteiger partial charge in [0, 0.05) is 38.9 Å². The first-order valence-electron chi connectivity index (χ1n) is 10.4. The van der Waals surface area contributed by atoms with E-state index in [1.807, 2.05) is 49.1 Å². The second-order valence-electron chi connectivity index (χ2n) is 7.84. The number of ether oxygens (including phenoxy) is 2. The van der Waals surface area contributed by atoms with Crippen molar-refractivity contribution in [2.24, 2.45) is 5.92 Å². The van der Waals surface area contributed by atoms with Gasteiger partial charge in [0.15, 0.2) is 0 Å². The SMILES string of the molecule is CC(C)COC(=O)N1CCCN(Cc2ccc(OCc3ccccn3)cc2)CC1. The molecule has 1 aromatic heterocycles. The van der Waals surface area contributed by atoms with Crippen molar-refractivity contribution in [3.8, 4) is 5.75 Å². The quantitative estimate of drug-likeness (QED) is 0.708. The number of aromatic nitrogens is 1. The zero-order valence-corrected chi connectivity index (χ0v) is 17.4. The maximum absolute atomic E-state index is 12.2. The van der Waals surface area contributed by atoms with E-state index in [0.717, 1.165) is 44.0 Å². The predicted molar refractivity (Wildman–Crippen MR) is 113 cm³/mol. The van der Waals surface area contributed by atoms with Crippen LogP contribution in [0, 0.1) is 5.92 Å². The van der Waals surface area contributed by atoms with Crippen molar-refractivity contribution in [2.45, 2.75) is 33.4 Å². The van der Waals surface area contributed by atoms with Crippen LogP contribution in [0.3, 0.4) is 0 Å². The van der Waals surface area contributed by atoms with Crippen LogP contribution in [0.2, 0.25) is 0 Å². The highest BCUT2D eigenvalue weighted by molar-refractivity contribution is 5.67. The number of benzene rings is 1. The van der Waals surface area contributed by atoms with E-state index in [9.17, 15) is 4.79 Å². The Labute approximate surface area is 173 Å². The molecule has 0 spiro atoms. The topological polar surface area (TPSA) is 54.9 Å². The number of amides is 1. The molecule has 0 saturated carbocycles. The van der Waals surface area contributed by atoms with Crippen LogP contribution in [0.5, 0.6) is 5.75 Å². The van der Waals surface area contributed by atoms with Crippen LogP contribution in [0.4, 0.5) is 4.79 Å². The minimum Gasteiger partial charge on any atom is -0.487 e. The second kappa shape index (κ2) is 10.8. The molecule has 0 unspecified atom stereocenters. The zero-order chi connectivity index (χ0) is 20.5. The van der Waals surface area contributed by atoms with Gasteiger partial charge in [0.05, 0.1) is 12.3 Å². The summed E-state index contributed by atoms with van der Waals surface area (Å²) in [4.78, 5) is 20.7. The number of hydrogen-bond acceptors (Lipinski definition) is 5. The van der Waals surface area contributed by atoms with Crippen LogP contribution in [-0.4, -0.2) is 53.7 Å². The molecule has 0 aliphatic carbocycles. The van der Waals surface area contributed by atoms with Gasteiger partial charge in [0.2, 0.25) is 0 Å². The molecule has 3 rings (SSSR count). The Morgan fingerprint density at radius 2 is 1.90 bits per heavy atom. The van der Waals surface area contributed by atoms with Crippen molar-refractivity contribution < 1.29 is 14.3 Å². The lowest BCUT2D eigenvalue weighted by atomic mass is 10.2. The predicted octanol–water partition coefficient (Wildman–Crippen LogP) is 3.96. The molecular weight excluding hydrogens is 366 g/mol. The maximum atomic E-state index is 12.2. The molecule has 6 heteroatoms. The summed E-state index contributed by atoms with van der Waals surface area (Å²) in [7, 11) is 0. The Balaban J connectivity index is 1.44.